The molecule has 5 heterocycles. The van der Waals surface area contributed by atoms with E-state index in [0.29, 0.717) is 14.8 Å². The molecule has 0 saturated carbocycles. The summed E-state index contributed by atoms with van der Waals surface area (Å²) < 4.78 is 189. The van der Waals surface area contributed by atoms with Gasteiger partial charge in [-0.15, -0.1) is 34.0 Å². The fraction of sp³-hybridized carbons (Fsp3) is 0. The summed E-state index contributed by atoms with van der Waals surface area (Å²) in [5, 5.41) is 0.466. The predicted molar refractivity (Wildman–Crippen MR) is 226 cm³/mol. The van der Waals surface area contributed by atoms with Crippen molar-refractivity contribution in [2.24, 2.45) is 0 Å². The first-order valence-electron chi connectivity index (χ1n) is 26.1. The Balaban J connectivity index is 1.14. The first kappa shape index (κ1) is 15.4. The fourth-order valence-corrected chi connectivity index (χ4v) is 10.1. The molecule has 0 unspecified atom stereocenters. The molecule has 0 N–H and O–H groups in total. The molecule has 7 aromatic carbocycles. The van der Waals surface area contributed by atoms with E-state index in [9.17, 15) is 8.22 Å². The van der Waals surface area contributed by atoms with Gasteiger partial charge in [-0.2, -0.15) is 0 Å². The lowest BCUT2D eigenvalue weighted by molar-refractivity contribution is 1.19. The molecule has 52 heavy (non-hydrogen) atoms. The van der Waals surface area contributed by atoms with E-state index in [4.69, 9.17) is 20.6 Å². The zero-order chi connectivity index (χ0) is 52.2. The van der Waals surface area contributed by atoms with Crippen LogP contribution in [-0.4, -0.2) is 14.5 Å². The van der Waals surface area contributed by atoms with Crippen LogP contribution >= 0.6 is 34.0 Å². The van der Waals surface area contributed by atoms with Crippen molar-refractivity contribution in [1.82, 2.24) is 14.5 Å². The van der Waals surface area contributed by atoms with E-state index in [2.05, 4.69) is 9.97 Å². The Morgan fingerprint density at radius 2 is 1.19 bits per heavy atom. The summed E-state index contributed by atoms with van der Waals surface area (Å²) in [5.74, 6) is 0. The highest BCUT2D eigenvalue weighted by Crippen LogP contribution is 2.45. The monoisotopic (exact) mass is 736 g/mol. The Bertz CT molecular complexity index is 4650. The van der Waals surface area contributed by atoms with Crippen molar-refractivity contribution in [2.45, 2.75) is 0 Å². The van der Waals surface area contributed by atoms with Crippen molar-refractivity contribution in [3.63, 3.8) is 0 Å². The van der Waals surface area contributed by atoms with E-state index in [1.807, 2.05) is 0 Å². The third kappa shape index (κ3) is 4.00. The number of fused-ring (bicyclic) bond motifs is 13. The van der Waals surface area contributed by atoms with Crippen LogP contribution in [0.4, 0.5) is 0 Å². The third-order valence-corrected chi connectivity index (χ3v) is 12.4. The van der Waals surface area contributed by atoms with Crippen molar-refractivity contribution in [3.8, 4) is 28.1 Å². The summed E-state index contributed by atoms with van der Waals surface area (Å²) in [6.45, 7) is 0. The van der Waals surface area contributed by atoms with Crippen LogP contribution in [0.15, 0.2) is 151 Å². The first-order valence-corrected chi connectivity index (χ1v) is 18.0. The number of benzene rings is 7. The molecule has 6 heteroatoms. The lowest BCUT2D eigenvalue weighted by atomic mass is 9.99. The Kier molecular flexibility index (Phi) is 3.19. The fourth-order valence-electron chi connectivity index (χ4n) is 6.80. The molecule has 0 aliphatic rings. The molecule has 0 amide bonds. The van der Waals surface area contributed by atoms with Gasteiger partial charge >= 0.3 is 0 Å². The summed E-state index contributed by atoms with van der Waals surface area (Å²) >= 11 is 2.87. The van der Waals surface area contributed by atoms with E-state index in [1.165, 1.54) is 10.9 Å². The smallest absolute Gasteiger partial charge is 0.116 e. The number of thiophene rings is 3. The summed E-state index contributed by atoms with van der Waals surface area (Å²) in [5.41, 5.74) is -0.385. The minimum Gasteiger partial charge on any atom is -0.309 e. The van der Waals surface area contributed by atoms with Gasteiger partial charge in [-0.25, -0.2) is 9.97 Å². The number of hydrogen-bond donors (Lipinski definition) is 0. The second kappa shape index (κ2) is 10.8. The second-order valence-corrected chi connectivity index (χ2v) is 14.8. The van der Waals surface area contributed by atoms with Gasteiger partial charge in [-0.3, -0.25) is 0 Å². The molecular weight excluding hydrogens is 691 g/mol. The average molecular weight is 737 g/mol. The molecule has 12 rings (SSSR count). The van der Waals surface area contributed by atoms with Crippen LogP contribution in [0.25, 0.3) is 111 Å². The van der Waals surface area contributed by atoms with E-state index in [-0.39, 0.29) is 102 Å². The quantitative estimate of drug-likeness (QED) is 0.181. The Labute approximate surface area is 338 Å². The lowest BCUT2D eigenvalue weighted by Crippen LogP contribution is -1.93. The molecule has 0 saturated heterocycles. The van der Waals surface area contributed by atoms with E-state index < -0.39 is 121 Å². The van der Waals surface area contributed by atoms with Gasteiger partial charge in [0.15, 0.2) is 0 Å². The number of rotatable bonds is 3. The molecule has 0 fully saturated rings. The van der Waals surface area contributed by atoms with Gasteiger partial charge in [-0.1, -0.05) is 96.7 Å². The van der Waals surface area contributed by atoms with Gasteiger partial charge in [-0.05, 0) is 59.5 Å². The van der Waals surface area contributed by atoms with Gasteiger partial charge in [0.1, 0.15) is 6.33 Å². The topological polar surface area (TPSA) is 30.7 Å². The van der Waals surface area contributed by atoms with Gasteiger partial charge in [0.05, 0.1) is 55.7 Å². The van der Waals surface area contributed by atoms with Crippen LogP contribution < -0.4 is 0 Å². The molecule has 0 bridgehead atoms. The van der Waals surface area contributed by atoms with Crippen LogP contribution in [0, 0.1) is 0 Å². The molecular formula is C46H25N3S3. The summed E-state index contributed by atoms with van der Waals surface area (Å²) in [6, 6.07) is -5.99. The van der Waals surface area contributed by atoms with Crippen molar-refractivity contribution in [3.05, 3.63) is 151 Å². The Hall–Kier alpha value is -5.92. The lowest BCUT2D eigenvalue weighted by Gasteiger charge is -2.08. The van der Waals surface area contributed by atoms with Gasteiger partial charge in [0.25, 0.3) is 0 Å². The Morgan fingerprint density at radius 3 is 2.06 bits per heavy atom. The Morgan fingerprint density at radius 1 is 0.500 bits per heavy atom. The van der Waals surface area contributed by atoms with Gasteiger partial charge in [0, 0.05) is 72.5 Å². The van der Waals surface area contributed by atoms with Crippen molar-refractivity contribution in [2.75, 3.05) is 0 Å². The molecule has 3 nitrogen and oxygen atoms in total. The zero-order valence-corrected chi connectivity index (χ0v) is 28.3. The highest BCUT2D eigenvalue weighted by Gasteiger charge is 2.20. The molecule has 242 valence electrons. The molecule has 0 aliphatic carbocycles. The average Bonchev–Trinajstić information content (AvgIpc) is 4.18. The molecule has 0 aliphatic heterocycles. The maximum atomic E-state index is 9.68. The number of para-hydroxylation sites is 1. The van der Waals surface area contributed by atoms with Gasteiger partial charge in [0.2, 0.25) is 0 Å². The zero-order valence-electron chi connectivity index (χ0n) is 46.9. The van der Waals surface area contributed by atoms with Crippen LogP contribution in [-0.2, 0) is 0 Å². The molecule has 0 spiro atoms. The maximum absolute atomic E-state index is 9.68. The largest absolute Gasteiger partial charge is 0.309 e. The summed E-state index contributed by atoms with van der Waals surface area (Å²) in [6.07, 6.45) is 1.17. The van der Waals surface area contributed by atoms with Crippen molar-refractivity contribution in [1.29, 1.82) is 0 Å². The second-order valence-electron chi connectivity index (χ2n) is 11.7. The standard InChI is InChI=1S/C46H25N3S3/c1-4-16-36-34(13-1)41-37(21-20-33-31-12-3-6-18-39(31)51-45(33)41)49(36)28-19-22-40-35(24-28)43-46(52-40)42(47-25-48-43)27-10-7-9-26(23-27)29-14-8-15-32-30-11-2-5-17-38(30)50-44(29)32/h1-25H/i1D,2D,3D,4D,5D,6D,7D,8D,9D,10D,11D,12D,13D,14D,15D,16D,17D,18D,20D,21D,23D. The SMILES string of the molecule is [2H]c1c([2H])c(-c2ncnc3c2sc2ccc(-n4c5c([2H])c([2H])c([2H])c([2H])c5c5c6sc7c([2H])c([2H])c([2H])c([2H])c7c6c([2H])c([2H])c54)cc23)c([2H])c(-c2c([2H])c([2H])c([2H])c3c2sc2c([2H])c([2H])c([2H])c([2H])c23)c1[2H]. The minimum atomic E-state index is -0.669. The van der Waals surface area contributed by atoms with Crippen LogP contribution in [0.5, 0.6) is 0 Å². The predicted octanol–water partition coefficient (Wildman–Crippen LogP) is 14.0. The van der Waals surface area contributed by atoms with Crippen LogP contribution in [0.3, 0.4) is 0 Å². The van der Waals surface area contributed by atoms with Gasteiger partial charge < -0.3 is 4.57 Å². The van der Waals surface area contributed by atoms with Crippen molar-refractivity contribution >= 4 is 116 Å². The minimum absolute atomic E-state index is 0.00630. The normalized spacial score (nSPS) is 17.9. The molecule has 0 radical (unpaired) electrons. The highest BCUT2D eigenvalue weighted by atomic mass is 32.1. The molecule has 0 atom stereocenters. The third-order valence-electron chi connectivity index (χ3n) is 9.01. The van der Waals surface area contributed by atoms with Crippen LogP contribution in [0.1, 0.15) is 28.8 Å². The first-order chi connectivity index (χ1) is 34.5. The molecule has 5 aromatic heterocycles. The van der Waals surface area contributed by atoms with E-state index in [0.717, 1.165) is 34.0 Å². The van der Waals surface area contributed by atoms with E-state index >= 15 is 0 Å². The highest BCUT2D eigenvalue weighted by molar-refractivity contribution is 7.27. The van der Waals surface area contributed by atoms with E-state index in [1.54, 1.807) is 18.2 Å². The molecule has 12 aromatic rings. The summed E-state index contributed by atoms with van der Waals surface area (Å²) in [7, 11) is 0. The number of aromatic nitrogens is 3. The number of nitrogens with zero attached hydrogens (tertiary/aromatic N) is 3. The van der Waals surface area contributed by atoms with Crippen molar-refractivity contribution < 1.29 is 28.8 Å². The summed E-state index contributed by atoms with van der Waals surface area (Å²) in [4.78, 5) is 9.10. The van der Waals surface area contributed by atoms with Crippen LogP contribution in [0.2, 0.25) is 0 Å². The maximum Gasteiger partial charge on any atom is 0.116 e. The number of hydrogen-bond acceptors (Lipinski definition) is 5.